The van der Waals surface area contributed by atoms with Crippen LogP contribution in [0.15, 0.2) is 54.3 Å². The van der Waals surface area contributed by atoms with Crippen molar-refractivity contribution >= 4 is 28.1 Å². The molecule has 0 aliphatic heterocycles. The molecule has 0 aliphatic carbocycles. The third-order valence-electron chi connectivity index (χ3n) is 3.09. The summed E-state index contributed by atoms with van der Waals surface area (Å²) in [6.07, 6.45) is 4.29. The van der Waals surface area contributed by atoms with Gasteiger partial charge in [-0.3, -0.25) is 4.79 Å². The number of nitrogens with zero attached hydrogens (tertiary/aromatic N) is 3. The highest BCUT2D eigenvalue weighted by Crippen LogP contribution is 2.20. The van der Waals surface area contributed by atoms with Gasteiger partial charge in [-0.2, -0.15) is 0 Å². The van der Waals surface area contributed by atoms with Gasteiger partial charge in [0.05, 0.1) is 0 Å². The summed E-state index contributed by atoms with van der Waals surface area (Å²) in [6, 6.07) is 11.7. The quantitative estimate of drug-likeness (QED) is 0.690. The first kappa shape index (κ1) is 16.8. The van der Waals surface area contributed by atoms with Gasteiger partial charge in [0.1, 0.15) is 17.8 Å². The lowest BCUT2D eigenvalue weighted by Crippen LogP contribution is -2.02. The van der Waals surface area contributed by atoms with E-state index in [1.54, 1.807) is 17.6 Å². The Labute approximate surface area is 139 Å². The minimum absolute atomic E-state index is 0. The second-order valence-corrected chi connectivity index (χ2v) is 5.52. The summed E-state index contributed by atoms with van der Waals surface area (Å²) in [7, 11) is 0. The van der Waals surface area contributed by atoms with Gasteiger partial charge >= 0.3 is 0 Å². The first-order valence-electron chi connectivity index (χ1n) is 6.87. The third-order valence-corrected chi connectivity index (χ3v) is 3.85. The zero-order valence-electron chi connectivity index (χ0n) is 11.8. The smallest absolute Gasteiger partial charge is 0.188 e. The number of nitrogens with one attached hydrogen (secondary N) is 1. The maximum atomic E-state index is 12.2. The van der Waals surface area contributed by atoms with Gasteiger partial charge in [-0.1, -0.05) is 37.8 Å². The lowest BCUT2D eigenvalue weighted by atomic mass is 10.1. The molecular weight excluding hydrogens is 308 g/mol. The number of carbonyl (C=O) groups is 1. The predicted octanol–water partition coefficient (Wildman–Crippen LogP) is 4.13. The Morgan fingerprint density at radius 2 is 2.00 bits per heavy atom. The third kappa shape index (κ3) is 4.69. The normalized spacial score (nSPS) is 9.91. The predicted molar refractivity (Wildman–Crippen MR) is 93.3 cm³/mol. The summed E-state index contributed by atoms with van der Waals surface area (Å²) in [5.41, 5.74) is 1.66. The Morgan fingerprint density at radius 1 is 1.17 bits per heavy atom. The van der Waals surface area contributed by atoms with Gasteiger partial charge in [0.2, 0.25) is 0 Å². The first-order valence-corrected chi connectivity index (χ1v) is 7.75. The number of aryl methyl sites for hydroxylation is 1. The molecule has 118 valence electrons. The van der Waals surface area contributed by atoms with Crippen LogP contribution in [0.2, 0.25) is 0 Å². The number of anilines is 2. The molecule has 0 fully saturated rings. The minimum Gasteiger partial charge on any atom is -0.316 e. The average molecular weight is 326 g/mol. The van der Waals surface area contributed by atoms with Crippen LogP contribution in [0, 0.1) is 0 Å². The first-order chi connectivity index (χ1) is 10.8. The molecule has 0 saturated heterocycles. The van der Waals surface area contributed by atoms with Crippen molar-refractivity contribution in [3.05, 3.63) is 65.6 Å². The topological polar surface area (TPSA) is 67.8 Å². The number of hydrogen-bond donors (Lipinski definition) is 1. The highest BCUT2D eigenvalue weighted by molar-refractivity contribution is 7.14. The molecule has 0 unspecified atom stereocenters. The van der Waals surface area contributed by atoms with Crippen LogP contribution in [0.3, 0.4) is 0 Å². The standard InChI is InChI=1S/C16H14N4OS.CH4/c21-14(7-6-12-4-2-1-3-5-12)13-10-22-16(19-13)20-15-8-9-17-11-18-15;/h1-5,8-11H,6-7H2,(H,17,18,19,20);1H4. The van der Waals surface area contributed by atoms with Crippen LogP contribution in [0.25, 0.3) is 0 Å². The molecule has 23 heavy (non-hydrogen) atoms. The largest absolute Gasteiger partial charge is 0.316 e. The maximum absolute atomic E-state index is 12.2. The highest BCUT2D eigenvalue weighted by atomic mass is 32.1. The van der Waals surface area contributed by atoms with Crippen molar-refractivity contribution in [1.29, 1.82) is 0 Å². The van der Waals surface area contributed by atoms with E-state index in [2.05, 4.69) is 20.3 Å². The van der Waals surface area contributed by atoms with Crippen molar-refractivity contribution in [2.75, 3.05) is 5.32 Å². The molecule has 0 spiro atoms. The van der Waals surface area contributed by atoms with Gasteiger partial charge in [0.15, 0.2) is 10.9 Å². The number of ketones is 1. The zero-order valence-corrected chi connectivity index (χ0v) is 12.6. The Morgan fingerprint density at radius 3 is 2.74 bits per heavy atom. The van der Waals surface area contributed by atoms with Gasteiger partial charge in [-0.05, 0) is 18.1 Å². The van der Waals surface area contributed by atoms with Gasteiger partial charge in [-0.25, -0.2) is 15.0 Å². The summed E-state index contributed by atoms with van der Waals surface area (Å²) in [4.78, 5) is 24.4. The molecule has 3 aromatic rings. The van der Waals surface area contributed by atoms with Crippen molar-refractivity contribution < 1.29 is 4.79 Å². The Hall–Kier alpha value is -2.60. The maximum Gasteiger partial charge on any atom is 0.188 e. The van der Waals surface area contributed by atoms with Crippen LogP contribution in [0.1, 0.15) is 29.9 Å². The number of rotatable bonds is 6. The van der Waals surface area contributed by atoms with Gasteiger partial charge < -0.3 is 5.32 Å². The van der Waals surface area contributed by atoms with Crippen molar-refractivity contribution in [3.8, 4) is 0 Å². The fraction of sp³-hybridized carbons (Fsp3) is 0.176. The number of hydrogen-bond acceptors (Lipinski definition) is 6. The number of benzene rings is 1. The zero-order chi connectivity index (χ0) is 15.2. The lowest BCUT2D eigenvalue weighted by Gasteiger charge is -2.00. The molecule has 0 radical (unpaired) electrons. The summed E-state index contributed by atoms with van der Waals surface area (Å²) in [5, 5.41) is 5.49. The fourth-order valence-corrected chi connectivity index (χ4v) is 2.69. The number of thiazole rings is 1. The molecule has 2 heterocycles. The van der Waals surface area contributed by atoms with E-state index in [-0.39, 0.29) is 13.2 Å². The van der Waals surface area contributed by atoms with E-state index in [0.29, 0.717) is 23.1 Å². The van der Waals surface area contributed by atoms with Crippen LogP contribution in [0.4, 0.5) is 10.9 Å². The summed E-state index contributed by atoms with van der Waals surface area (Å²) >= 11 is 1.39. The summed E-state index contributed by atoms with van der Waals surface area (Å²) in [5.74, 6) is 0.712. The molecule has 0 atom stereocenters. The average Bonchev–Trinajstić information content (AvgIpc) is 3.03. The summed E-state index contributed by atoms with van der Waals surface area (Å²) < 4.78 is 0. The van der Waals surface area contributed by atoms with Crippen molar-refractivity contribution in [3.63, 3.8) is 0 Å². The van der Waals surface area contributed by atoms with Crippen molar-refractivity contribution in [2.45, 2.75) is 20.3 Å². The van der Waals surface area contributed by atoms with E-state index in [1.165, 1.54) is 17.7 Å². The van der Waals surface area contributed by atoms with E-state index >= 15 is 0 Å². The van der Waals surface area contributed by atoms with Gasteiger partial charge in [0.25, 0.3) is 0 Å². The molecule has 0 amide bonds. The van der Waals surface area contributed by atoms with Crippen LogP contribution < -0.4 is 5.32 Å². The molecular formula is C17H18N4OS. The SMILES string of the molecule is C.O=C(CCc1ccccc1)c1csc(Nc2ccncn2)n1. The molecule has 1 N–H and O–H groups in total. The summed E-state index contributed by atoms with van der Waals surface area (Å²) in [6.45, 7) is 0. The van der Waals surface area contributed by atoms with E-state index in [1.807, 2.05) is 30.3 Å². The van der Waals surface area contributed by atoms with Crippen LogP contribution in [0.5, 0.6) is 0 Å². The van der Waals surface area contributed by atoms with Gasteiger partial charge in [0, 0.05) is 18.0 Å². The molecule has 5 nitrogen and oxygen atoms in total. The van der Waals surface area contributed by atoms with E-state index in [9.17, 15) is 4.79 Å². The molecule has 2 aromatic heterocycles. The second-order valence-electron chi connectivity index (χ2n) is 4.67. The molecule has 1 aromatic carbocycles. The number of aromatic nitrogens is 3. The molecule has 0 aliphatic rings. The molecule has 3 rings (SSSR count). The Bertz CT molecular complexity index is 744. The van der Waals surface area contributed by atoms with E-state index < -0.39 is 0 Å². The highest BCUT2D eigenvalue weighted by Gasteiger charge is 2.11. The lowest BCUT2D eigenvalue weighted by molar-refractivity contribution is 0.0979. The van der Waals surface area contributed by atoms with Crippen LogP contribution in [-0.2, 0) is 6.42 Å². The molecule has 0 bridgehead atoms. The fourth-order valence-electron chi connectivity index (χ4n) is 1.96. The molecule has 0 saturated carbocycles. The van der Waals surface area contributed by atoms with Crippen molar-refractivity contribution in [2.24, 2.45) is 0 Å². The van der Waals surface area contributed by atoms with E-state index in [0.717, 1.165) is 12.0 Å². The Balaban J connectivity index is 0.00000192. The Kier molecular flexibility index (Phi) is 5.94. The van der Waals surface area contributed by atoms with Gasteiger partial charge in [-0.15, -0.1) is 11.3 Å². The van der Waals surface area contributed by atoms with Crippen LogP contribution in [-0.4, -0.2) is 20.7 Å². The number of Topliss-reactive ketones (excluding diaryl/α,β-unsaturated/α-hetero) is 1. The van der Waals surface area contributed by atoms with E-state index in [4.69, 9.17) is 0 Å². The van der Waals surface area contributed by atoms with Crippen molar-refractivity contribution in [1.82, 2.24) is 15.0 Å². The minimum atomic E-state index is 0. The molecule has 6 heteroatoms. The monoisotopic (exact) mass is 326 g/mol. The number of carbonyl (C=O) groups excluding carboxylic acids is 1. The second kappa shape index (κ2) is 8.14. The van der Waals surface area contributed by atoms with Crippen LogP contribution >= 0.6 is 11.3 Å².